The minimum atomic E-state index is -1.01. The zero-order valence-electron chi connectivity index (χ0n) is 19.6. The normalized spacial score (nSPS) is 25.7. The zero-order valence-corrected chi connectivity index (χ0v) is 20.4. The van der Waals surface area contributed by atoms with Crippen LogP contribution >= 0.6 is 11.6 Å². The second-order valence-electron chi connectivity index (χ2n) is 9.77. The van der Waals surface area contributed by atoms with Crippen LogP contribution < -0.4 is 10.1 Å². The van der Waals surface area contributed by atoms with Crippen LogP contribution in [0.5, 0.6) is 5.75 Å². The molecule has 0 unspecified atom stereocenters. The first-order valence-corrected chi connectivity index (χ1v) is 12.3. The van der Waals surface area contributed by atoms with E-state index < -0.39 is 11.5 Å². The monoisotopic (exact) mass is 475 g/mol. The van der Waals surface area contributed by atoms with E-state index >= 15 is 0 Å². The highest BCUT2D eigenvalue weighted by molar-refractivity contribution is 6.30. The van der Waals surface area contributed by atoms with E-state index in [1.54, 1.807) is 19.2 Å². The van der Waals surface area contributed by atoms with Crippen LogP contribution in [0.2, 0.25) is 5.02 Å². The molecule has 5 rings (SSSR count). The lowest BCUT2D eigenvalue weighted by atomic mass is 9.59. The lowest BCUT2D eigenvalue weighted by Crippen LogP contribution is -2.52. The standard InChI is InChI=1S/C29H30ClNO3/c1-19-23(10-6-12-26(19)34-2)25-17-20-7-3-4-11-24(20)28(25)13-15-29(16-14-28,27(32)33)31-22-9-5-8-21(30)18-22/h3-12,18,25,31H,13-17H2,1-2H3,(H,32,33)/t25-,28?,29?/m1/s1. The molecule has 1 saturated carbocycles. The summed E-state index contributed by atoms with van der Waals surface area (Å²) in [5.74, 6) is 0.391. The minimum Gasteiger partial charge on any atom is -0.496 e. The molecular formula is C29H30ClNO3. The quantitative estimate of drug-likeness (QED) is 0.428. The number of carboxylic acids is 1. The molecule has 3 aromatic carbocycles. The summed E-state index contributed by atoms with van der Waals surface area (Å²) in [7, 11) is 1.72. The van der Waals surface area contributed by atoms with Crippen molar-refractivity contribution in [3.05, 3.63) is 94.0 Å². The third kappa shape index (κ3) is 3.65. The van der Waals surface area contributed by atoms with Gasteiger partial charge in [-0.2, -0.15) is 0 Å². The Morgan fingerprint density at radius 1 is 1.03 bits per heavy atom. The molecule has 2 aliphatic rings. The van der Waals surface area contributed by atoms with E-state index in [0.717, 1.165) is 30.7 Å². The number of nitrogens with one attached hydrogen (secondary N) is 1. The number of halogens is 1. The van der Waals surface area contributed by atoms with Crippen LogP contribution in [0.4, 0.5) is 5.69 Å². The largest absolute Gasteiger partial charge is 0.496 e. The molecule has 0 aliphatic heterocycles. The van der Waals surface area contributed by atoms with Gasteiger partial charge in [0.1, 0.15) is 11.3 Å². The van der Waals surface area contributed by atoms with E-state index in [4.69, 9.17) is 16.3 Å². The predicted octanol–water partition coefficient (Wildman–Crippen LogP) is 6.74. The van der Waals surface area contributed by atoms with Gasteiger partial charge in [-0.3, -0.25) is 0 Å². The van der Waals surface area contributed by atoms with Gasteiger partial charge < -0.3 is 15.2 Å². The molecule has 0 amide bonds. The number of anilines is 1. The maximum Gasteiger partial charge on any atom is 0.329 e. The lowest BCUT2D eigenvalue weighted by Gasteiger charge is -2.47. The number of methoxy groups -OCH3 is 1. The highest BCUT2D eigenvalue weighted by Gasteiger charge is 2.54. The molecule has 3 aromatic rings. The molecule has 1 fully saturated rings. The van der Waals surface area contributed by atoms with Crippen molar-refractivity contribution in [2.45, 2.75) is 55.9 Å². The summed E-state index contributed by atoms with van der Waals surface area (Å²) in [5, 5.41) is 14.3. The number of aliphatic carboxylic acids is 1. The predicted molar refractivity (Wildman–Crippen MR) is 136 cm³/mol. The number of hydrogen-bond acceptors (Lipinski definition) is 3. The molecule has 1 atom stereocenters. The van der Waals surface area contributed by atoms with E-state index in [0.29, 0.717) is 17.9 Å². The first-order valence-electron chi connectivity index (χ1n) is 11.9. The van der Waals surface area contributed by atoms with E-state index in [-0.39, 0.29) is 11.3 Å². The summed E-state index contributed by atoms with van der Waals surface area (Å²) in [6.07, 6.45) is 3.65. The van der Waals surface area contributed by atoms with Crippen LogP contribution in [0.3, 0.4) is 0 Å². The van der Waals surface area contributed by atoms with Gasteiger partial charge in [-0.1, -0.05) is 54.1 Å². The first-order chi connectivity index (χ1) is 16.4. The number of hydrogen-bond donors (Lipinski definition) is 2. The van der Waals surface area contributed by atoms with E-state index in [1.807, 2.05) is 18.2 Å². The Hall–Kier alpha value is -2.98. The topological polar surface area (TPSA) is 58.6 Å². The number of carboxylic acid groups (broad SMARTS) is 1. The van der Waals surface area contributed by atoms with E-state index in [1.165, 1.54) is 22.3 Å². The summed E-state index contributed by atoms with van der Waals surface area (Å²) in [6, 6.07) is 22.3. The fourth-order valence-corrected chi connectivity index (χ4v) is 6.59. The molecule has 0 heterocycles. The van der Waals surface area contributed by atoms with Crippen molar-refractivity contribution >= 4 is 23.3 Å². The molecule has 2 N–H and O–H groups in total. The van der Waals surface area contributed by atoms with Crippen molar-refractivity contribution < 1.29 is 14.6 Å². The SMILES string of the molecule is COc1cccc([C@H]2Cc3ccccc3C23CCC(Nc2cccc(Cl)c2)(C(=O)O)CC3)c1C. The van der Waals surface area contributed by atoms with Gasteiger partial charge in [0.25, 0.3) is 0 Å². The lowest BCUT2D eigenvalue weighted by molar-refractivity contribution is -0.144. The first kappa shape index (κ1) is 22.8. The van der Waals surface area contributed by atoms with Crippen LogP contribution in [0.25, 0.3) is 0 Å². The number of rotatable bonds is 5. The van der Waals surface area contributed by atoms with Gasteiger partial charge in [-0.25, -0.2) is 4.79 Å². The summed E-state index contributed by atoms with van der Waals surface area (Å²) in [6.45, 7) is 2.13. The average molecular weight is 476 g/mol. The molecule has 34 heavy (non-hydrogen) atoms. The Morgan fingerprint density at radius 2 is 1.76 bits per heavy atom. The molecule has 2 aliphatic carbocycles. The molecule has 0 bridgehead atoms. The van der Waals surface area contributed by atoms with Crippen molar-refractivity contribution in [1.82, 2.24) is 0 Å². The minimum absolute atomic E-state index is 0.0946. The highest BCUT2D eigenvalue weighted by Crippen LogP contribution is 2.58. The van der Waals surface area contributed by atoms with Crippen LogP contribution in [0.15, 0.2) is 66.7 Å². The van der Waals surface area contributed by atoms with Crippen molar-refractivity contribution in [1.29, 1.82) is 0 Å². The Bertz CT molecular complexity index is 1230. The zero-order chi connectivity index (χ0) is 23.9. The Kier molecular flexibility index (Phi) is 5.81. The smallest absolute Gasteiger partial charge is 0.329 e. The Labute approximate surface area is 205 Å². The molecule has 5 heteroatoms. The summed E-state index contributed by atoms with van der Waals surface area (Å²) in [5.41, 5.74) is 4.88. The Balaban J connectivity index is 1.53. The van der Waals surface area contributed by atoms with Crippen molar-refractivity contribution in [3.8, 4) is 5.75 Å². The van der Waals surface area contributed by atoms with Crippen molar-refractivity contribution in [2.24, 2.45) is 0 Å². The summed E-state index contributed by atoms with van der Waals surface area (Å²) in [4.78, 5) is 12.6. The maximum atomic E-state index is 12.6. The van der Waals surface area contributed by atoms with E-state index in [9.17, 15) is 9.90 Å². The van der Waals surface area contributed by atoms with Gasteiger partial charge in [-0.15, -0.1) is 0 Å². The van der Waals surface area contributed by atoms with Crippen LogP contribution in [-0.2, 0) is 16.6 Å². The van der Waals surface area contributed by atoms with Crippen LogP contribution in [0, 0.1) is 6.92 Å². The highest BCUT2D eigenvalue weighted by atomic mass is 35.5. The second-order valence-corrected chi connectivity index (χ2v) is 10.2. The number of ether oxygens (including phenoxy) is 1. The summed E-state index contributed by atoms with van der Waals surface area (Å²) >= 11 is 6.17. The van der Waals surface area contributed by atoms with Crippen molar-refractivity contribution in [3.63, 3.8) is 0 Å². The van der Waals surface area contributed by atoms with Crippen LogP contribution in [0.1, 0.15) is 53.9 Å². The van der Waals surface area contributed by atoms with Gasteiger partial charge in [0, 0.05) is 16.1 Å². The van der Waals surface area contributed by atoms with E-state index in [2.05, 4.69) is 48.6 Å². The van der Waals surface area contributed by atoms with Gasteiger partial charge >= 0.3 is 5.97 Å². The molecule has 176 valence electrons. The molecule has 0 radical (unpaired) electrons. The molecule has 4 nitrogen and oxygen atoms in total. The molecule has 1 spiro atoms. The van der Waals surface area contributed by atoms with Crippen molar-refractivity contribution in [2.75, 3.05) is 12.4 Å². The maximum absolute atomic E-state index is 12.6. The molecular weight excluding hydrogens is 446 g/mol. The summed E-state index contributed by atoms with van der Waals surface area (Å²) < 4.78 is 5.64. The fraction of sp³-hybridized carbons (Fsp3) is 0.345. The van der Waals surface area contributed by atoms with Gasteiger partial charge in [0.2, 0.25) is 0 Å². The number of fused-ring (bicyclic) bond motifs is 2. The number of carbonyl (C=O) groups is 1. The third-order valence-corrected chi connectivity index (χ3v) is 8.41. The second kappa shape index (κ2) is 8.66. The number of benzene rings is 3. The van der Waals surface area contributed by atoms with Gasteiger partial charge in [-0.05, 0) is 91.5 Å². The Morgan fingerprint density at radius 3 is 2.47 bits per heavy atom. The third-order valence-electron chi connectivity index (χ3n) is 8.18. The van der Waals surface area contributed by atoms with Gasteiger partial charge in [0.05, 0.1) is 7.11 Å². The molecule has 0 aromatic heterocycles. The van der Waals surface area contributed by atoms with Gasteiger partial charge in [0.15, 0.2) is 0 Å². The van der Waals surface area contributed by atoms with Crippen LogP contribution in [-0.4, -0.2) is 23.7 Å². The molecule has 0 saturated heterocycles. The average Bonchev–Trinajstić information content (AvgIpc) is 3.14. The fourth-order valence-electron chi connectivity index (χ4n) is 6.40.